The first-order valence-electron chi connectivity index (χ1n) is 7.63. The van der Waals surface area contributed by atoms with E-state index in [-0.39, 0.29) is 24.4 Å². The summed E-state index contributed by atoms with van der Waals surface area (Å²) in [4.78, 5) is 27.8. The summed E-state index contributed by atoms with van der Waals surface area (Å²) in [5.41, 5.74) is 1.70. The molecule has 0 unspecified atom stereocenters. The summed E-state index contributed by atoms with van der Waals surface area (Å²) < 4.78 is 10.1. The standard InChI is InChI=1S/C17H18N2O4S/c1-10-7-13(10)16(21)23-8-15(20)19-17-18-14(9-24-17)11-3-5-12(22-2)6-4-11/h3-6,9-10,13H,7-8H2,1-2H3,(H,18,19,20)/t10-,13-/m0/s1. The fourth-order valence-corrected chi connectivity index (χ4v) is 3.01. The zero-order valence-corrected chi connectivity index (χ0v) is 14.3. The first kappa shape index (κ1) is 16.4. The Balaban J connectivity index is 1.53. The summed E-state index contributed by atoms with van der Waals surface area (Å²) >= 11 is 1.32. The van der Waals surface area contributed by atoms with Crippen molar-refractivity contribution in [3.05, 3.63) is 29.6 Å². The summed E-state index contributed by atoms with van der Waals surface area (Å²) in [6, 6.07) is 7.51. The first-order valence-corrected chi connectivity index (χ1v) is 8.51. The molecule has 2 aromatic rings. The Kier molecular flexibility index (Phi) is 4.80. The smallest absolute Gasteiger partial charge is 0.309 e. The molecular formula is C17H18N2O4S. The normalized spacial score (nSPS) is 18.8. The number of amides is 1. The predicted molar refractivity (Wildman–Crippen MR) is 91.0 cm³/mol. The van der Waals surface area contributed by atoms with Crippen LogP contribution in [0.25, 0.3) is 11.3 Å². The topological polar surface area (TPSA) is 77.5 Å². The second-order valence-corrected chi connectivity index (χ2v) is 6.60. The lowest BCUT2D eigenvalue weighted by Gasteiger charge is -2.04. The van der Waals surface area contributed by atoms with E-state index >= 15 is 0 Å². The molecule has 1 saturated carbocycles. The largest absolute Gasteiger partial charge is 0.497 e. The number of aromatic nitrogens is 1. The second-order valence-electron chi connectivity index (χ2n) is 5.74. The maximum absolute atomic E-state index is 11.8. The minimum Gasteiger partial charge on any atom is -0.497 e. The Bertz CT molecular complexity index is 741. The number of esters is 1. The molecule has 1 aromatic carbocycles. The number of nitrogens with zero attached hydrogens (tertiary/aromatic N) is 1. The van der Waals surface area contributed by atoms with Crippen molar-refractivity contribution in [2.45, 2.75) is 13.3 Å². The van der Waals surface area contributed by atoms with Gasteiger partial charge in [0.05, 0.1) is 18.7 Å². The summed E-state index contributed by atoms with van der Waals surface area (Å²) in [5.74, 6) is 0.420. The van der Waals surface area contributed by atoms with Gasteiger partial charge in [-0.1, -0.05) is 6.92 Å². The molecule has 3 rings (SSSR count). The third-order valence-corrected chi connectivity index (χ3v) is 4.65. The molecule has 1 aromatic heterocycles. The Morgan fingerprint density at radius 3 is 2.67 bits per heavy atom. The molecular weight excluding hydrogens is 328 g/mol. The first-order chi connectivity index (χ1) is 11.6. The third-order valence-electron chi connectivity index (χ3n) is 3.89. The van der Waals surface area contributed by atoms with Crippen LogP contribution in [0.3, 0.4) is 0 Å². The number of nitrogens with one attached hydrogen (secondary N) is 1. The SMILES string of the molecule is COc1ccc(-c2csc(NC(=O)COC(=O)[C@H]3C[C@@H]3C)n2)cc1. The maximum atomic E-state index is 11.8. The van der Waals surface area contributed by atoms with Gasteiger partial charge in [0.25, 0.3) is 5.91 Å². The molecule has 0 saturated heterocycles. The van der Waals surface area contributed by atoms with Crippen molar-refractivity contribution < 1.29 is 19.1 Å². The van der Waals surface area contributed by atoms with Crippen molar-refractivity contribution in [1.29, 1.82) is 0 Å². The van der Waals surface area contributed by atoms with Gasteiger partial charge in [-0.3, -0.25) is 14.9 Å². The van der Waals surface area contributed by atoms with Gasteiger partial charge in [-0.2, -0.15) is 0 Å². The number of carbonyl (C=O) groups is 2. The zero-order chi connectivity index (χ0) is 17.1. The van der Waals surface area contributed by atoms with Gasteiger partial charge in [-0.25, -0.2) is 4.98 Å². The average molecular weight is 346 g/mol. The number of hydrogen-bond acceptors (Lipinski definition) is 6. The van der Waals surface area contributed by atoms with E-state index in [4.69, 9.17) is 9.47 Å². The van der Waals surface area contributed by atoms with Crippen LogP contribution in [0, 0.1) is 11.8 Å². The lowest BCUT2D eigenvalue weighted by Crippen LogP contribution is -2.21. The summed E-state index contributed by atoms with van der Waals surface area (Å²) in [7, 11) is 1.61. The Labute approximate surface area is 143 Å². The Morgan fingerprint density at radius 1 is 1.33 bits per heavy atom. The van der Waals surface area contributed by atoms with Crippen molar-refractivity contribution in [3.63, 3.8) is 0 Å². The van der Waals surface area contributed by atoms with Crippen molar-refractivity contribution >= 4 is 28.3 Å². The maximum Gasteiger partial charge on any atom is 0.309 e. The van der Waals surface area contributed by atoms with Crippen LogP contribution < -0.4 is 10.1 Å². The second kappa shape index (κ2) is 7.00. The summed E-state index contributed by atoms with van der Waals surface area (Å²) in [5, 5.41) is 4.98. The van der Waals surface area contributed by atoms with E-state index in [2.05, 4.69) is 10.3 Å². The van der Waals surface area contributed by atoms with E-state index in [9.17, 15) is 9.59 Å². The zero-order valence-electron chi connectivity index (χ0n) is 13.4. The molecule has 1 fully saturated rings. The number of thiazole rings is 1. The number of carbonyl (C=O) groups excluding carboxylic acids is 2. The van der Waals surface area contributed by atoms with Crippen LogP contribution in [0.5, 0.6) is 5.75 Å². The van der Waals surface area contributed by atoms with Crippen LogP contribution >= 0.6 is 11.3 Å². The highest BCUT2D eigenvalue weighted by molar-refractivity contribution is 7.14. The van der Waals surface area contributed by atoms with Crippen molar-refractivity contribution in [2.75, 3.05) is 19.0 Å². The highest BCUT2D eigenvalue weighted by atomic mass is 32.1. The molecule has 1 N–H and O–H groups in total. The van der Waals surface area contributed by atoms with Crippen molar-refractivity contribution in [2.24, 2.45) is 11.8 Å². The van der Waals surface area contributed by atoms with Crippen LogP contribution in [-0.2, 0) is 14.3 Å². The number of methoxy groups -OCH3 is 1. The minimum atomic E-state index is -0.382. The van der Waals surface area contributed by atoms with Crippen LogP contribution in [0.4, 0.5) is 5.13 Å². The van der Waals surface area contributed by atoms with Gasteiger partial charge in [0.15, 0.2) is 11.7 Å². The summed E-state index contributed by atoms with van der Waals surface area (Å²) in [6.07, 6.45) is 0.845. The van der Waals surface area contributed by atoms with E-state index in [0.29, 0.717) is 11.0 Å². The molecule has 0 bridgehead atoms. The molecule has 6 nitrogen and oxygen atoms in total. The van der Waals surface area contributed by atoms with Crippen LogP contribution in [-0.4, -0.2) is 30.6 Å². The van der Waals surface area contributed by atoms with E-state index in [1.807, 2.05) is 36.6 Å². The van der Waals surface area contributed by atoms with E-state index < -0.39 is 0 Å². The molecule has 0 spiro atoms. The molecule has 1 amide bonds. The van der Waals surface area contributed by atoms with Gasteiger partial charge >= 0.3 is 5.97 Å². The average Bonchev–Trinajstić information content (AvgIpc) is 3.15. The predicted octanol–water partition coefficient (Wildman–Crippen LogP) is 2.96. The lowest BCUT2D eigenvalue weighted by atomic mass is 10.2. The van der Waals surface area contributed by atoms with Gasteiger partial charge < -0.3 is 9.47 Å². The van der Waals surface area contributed by atoms with Crippen LogP contribution in [0.1, 0.15) is 13.3 Å². The number of anilines is 1. The van der Waals surface area contributed by atoms with Crippen LogP contribution in [0.2, 0.25) is 0 Å². The van der Waals surface area contributed by atoms with Gasteiger partial charge in [-0.15, -0.1) is 11.3 Å². The highest BCUT2D eigenvalue weighted by Gasteiger charge is 2.40. The number of benzene rings is 1. The molecule has 1 aliphatic rings. The molecule has 0 aliphatic heterocycles. The lowest BCUT2D eigenvalue weighted by molar-refractivity contribution is -0.148. The van der Waals surface area contributed by atoms with Gasteiger partial charge in [0.1, 0.15) is 5.75 Å². The molecule has 126 valence electrons. The quantitative estimate of drug-likeness (QED) is 0.814. The molecule has 1 aliphatic carbocycles. The Morgan fingerprint density at radius 2 is 2.04 bits per heavy atom. The van der Waals surface area contributed by atoms with Gasteiger partial charge in [0.2, 0.25) is 0 Å². The Hall–Kier alpha value is -2.41. The monoisotopic (exact) mass is 346 g/mol. The minimum absolute atomic E-state index is 0.0423. The van der Waals surface area contributed by atoms with E-state index in [1.54, 1.807) is 7.11 Å². The molecule has 0 radical (unpaired) electrons. The molecule has 1 heterocycles. The molecule has 2 atom stereocenters. The molecule has 24 heavy (non-hydrogen) atoms. The van der Waals surface area contributed by atoms with Gasteiger partial charge in [0, 0.05) is 10.9 Å². The van der Waals surface area contributed by atoms with Gasteiger partial charge in [-0.05, 0) is 36.6 Å². The molecule has 7 heteroatoms. The van der Waals surface area contributed by atoms with Crippen molar-refractivity contribution in [3.8, 4) is 17.0 Å². The number of ether oxygens (including phenoxy) is 2. The fourth-order valence-electron chi connectivity index (χ4n) is 2.28. The third kappa shape index (κ3) is 3.91. The number of rotatable bonds is 6. The summed E-state index contributed by atoms with van der Waals surface area (Å²) in [6.45, 7) is 1.71. The van der Waals surface area contributed by atoms with Crippen molar-refractivity contribution in [1.82, 2.24) is 4.98 Å². The van der Waals surface area contributed by atoms with Crippen LogP contribution in [0.15, 0.2) is 29.6 Å². The fraction of sp³-hybridized carbons (Fsp3) is 0.353. The highest BCUT2D eigenvalue weighted by Crippen LogP contribution is 2.38. The van der Waals surface area contributed by atoms with E-state index in [0.717, 1.165) is 23.4 Å². The number of hydrogen-bond donors (Lipinski definition) is 1. The van der Waals surface area contributed by atoms with E-state index in [1.165, 1.54) is 11.3 Å².